The smallest absolute Gasteiger partial charge is 0.328 e. The van der Waals surface area contributed by atoms with E-state index in [0.29, 0.717) is 10.6 Å². The number of ether oxygens (including phenoxy) is 1. The second kappa shape index (κ2) is 11.7. The number of thioether (sulfide) groups is 1. The maximum absolute atomic E-state index is 13.2. The molecule has 1 unspecified atom stereocenters. The van der Waals surface area contributed by atoms with Crippen LogP contribution in [0.25, 0.3) is 0 Å². The Kier molecular flexibility index (Phi) is 8.39. The van der Waals surface area contributed by atoms with Crippen LogP contribution in [-0.2, 0) is 20.7 Å². The van der Waals surface area contributed by atoms with Crippen molar-refractivity contribution in [3.05, 3.63) is 96.2 Å². The van der Waals surface area contributed by atoms with Crippen LogP contribution in [0.4, 0.5) is 0 Å². The highest BCUT2D eigenvalue weighted by atomic mass is 32.2. The van der Waals surface area contributed by atoms with Crippen molar-refractivity contribution in [2.75, 3.05) is 7.11 Å². The lowest BCUT2D eigenvalue weighted by Gasteiger charge is -2.22. The highest BCUT2D eigenvalue weighted by molar-refractivity contribution is 8.00. The molecule has 164 valence electrons. The Hall–Kier alpha value is -3.65. The maximum atomic E-state index is 13.2. The number of amides is 2. The van der Waals surface area contributed by atoms with Crippen molar-refractivity contribution in [3.8, 4) is 0 Å². The zero-order valence-electron chi connectivity index (χ0n) is 17.4. The van der Waals surface area contributed by atoms with Crippen molar-refractivity contribution in [1.29, 1.82) is 0 Å². The lowest BCUT2D eigenvalue weighted by molar-refractivity contribution is -0.145. The van der Waals surface area contributed by atoms with Gasteiger partial charge in [-0.3, -0.25) is 9.59 Å². The van der Waals surface area contributed by atoms with Gasteiger partial charge < -0.3 is 15.4 Å². The normalized spacial score (nSPS) is 12.3. The van der Waals surface area contributed by atoms with E-state index in [1.807, 2.05) is 30.3 Å². The summed E-state index contributed by atoms with van der Waals surface area (Å²) in [5.41, 5.74) is 1.28. The van der Waals surface area contributed by atoms with Gasteiger partial charge in [0.2, 0.25) is 0 Å². The van der Waals surface area contributed by atoms with E-state index < -0.39 is 29.2 Å². The van der Waals surface area contributed by atoms with Gasteiger partial charge in [0, 0.05) is 18.2 Å². The minimum absolute atomic E-state index is 0.257. The number of carbonyl (C=O) groups excluding carboxylic acids is 3. The first-order valence-electron chi connectivity index (χ1n) is 9.92. The monoisotopic (exact) mass is 449 g/mol. The lowest BCUT2D eigenvalue weighted by atomic mass is 10.1. The summed E-state index contributed by atoms with van der Waals surface area (Å²) < 4.78 is 4.87. The molecule has 0 aliphatic rings. The van der Waals surface area contributed by atoms with Gasteiger partial charge in [-0.25, -0.2) is 9.78 Å². The topological polar surface area (TPSA) is 97.4 Å². The third-order valence-corrected chi connectivity index (χ3v) is 5.55. The molecule has 0 fully saturated rings. The Bertz CT molecular complexity index is 1030. The molecule has 32 heavy (non-hydrogen) atoms. The van der Waals surface area contributed by atoms with E-state index in [9.17, 15) is 14.4 Å². The summed E-state index contributed by atoms with van der Waals surface area (Å²) in [7, 11) is 1.27. The number of methoxy groups -OCH3 is 1. The molecule has 3 rings (SSSR count). The number of carbonyl (C=O) groups is 3. The molecule has 0 saturated heterocycles. The summed E-state index contributed by atoms with van der Waals surface area (Å²) in [5.74, 6) is -1.51. The Morgan fingerprint density at radius 3 is 2.19 bits per heavy atom. The first-order chi connectivity index (χ1) is 15.6. The number of esters is 1. The van der Waals surface area contributed by atoms with Gasteiger partial charge in [0.1, 0.15) is 6.04 Å². The summed E-state index contributed by atoms with van der Waals surface area (Å²) in [6.45, 7) is 0. The molecular formula is C24H23N3O4S. The van der Waals surface area contributed by atoms with Crippen LogP contribution >= 0.6 is 11.8 Å². The predicted octanol–water partition coefficient (Wildman–Crippen LogP) is 2.83. The minimum Gasteiger partial charge on any atom is -0.467 e. The molecule has 2 aromatic carbocycles. The fourth-order valence-electron chi connectivity index (χ4n) is 2.91. The highest BCUT2D eigenvalue weighted by Gasteiger charge is 2.29. The van der Waals surface area contributed by atoms with Gasteiger partial charge in [0.05, 0.1) is 12.1 Å². The summed E-state index contributed by atoms with van der Waals surface area (Å²) in [6.07, 6.45) is 1.86. The number of rotatable bonds is 9. The van der Waals surface area contributed by atoms with Crippen LogP contribution in [0.2, 0.25) is 0 Å². The van der Waals surface area contributed by atoms with Gasteiger partial charge in [-0.1, -0.05) is 66.4 Å². The number of nitrogens with one attached hydrogen (secondary N) is 2. The summed E-state index contributed by atoms with van der Waals surface area (Å²) >= 11 is 1.08. The van der Waals surface area contributed by atoms with Gasteiger partial charge in [-0.15, -0.1) is 0 Å². The van der Waals surface area contributed by atoms with E-state index in [0.717, 1.165) is 17.3 Å². The average Bonchev–Trinajstić information content (AvgIpc) is 2.84. The quantitative estimate of drug-likeness (QED) is 0.296. The molecule has 2 N–H and O–H groups in total. The average molecular weight is 450 g/mol. The van der Waals surface area contributed by atoms with Crippen molar-refractivity contribution in [2.24, 2.45) is 0 Å². The van der Waals surface area contributed by atoms with Gasteiger partial charge in [-0.2, -0.15) is 0 Å². The van der Waals surface area contributed by atoms with Crippen LogP contribution in [0.5, 0.6) is 0 Å². The minimum atomic E-state index is -1.01. The van der Waals surface area contributed by atoms with Crippen molar-refractivity contribution in [3.63, 3.8) is 0 Å². The Labute approximate surface area is 190 Å². The number of aromatic nitrogens is 1. The van der Waals surface area contributed by atoms with E-state index in [-0.39, 0.29) is 6.42 Å². The molecule has 2 atom stereocenters. The number of hydrogen-bond donors (Lipinski definition) is 2. The van der Waals surface area contributed by atoms with E-state index in [4.69, 9.17) is 4.74 Å². The van der Waals surface area contributed by atoms with Crippen LogP contribution in [0.3, 0.4) is 0 Å². The second-order valence-electron chi connectivity index (χ2n) is 6.78. The summed E-state index contributed by atoms with van der Waals surface area (Å²) in [5, 5.41) is 4.99. The van der Waals surface area contributed by atoms with Gasteiger partial charge in [-0.05, 0) is 29.8 Å². The third kappa shape index (κ3) is 6.68. The molecule has 8 heteroatoms. The van der Waals surface area contributed by atoms with Gasteiger partial charge >= 0.3 is 5.97 Å². The molecule has 1 aromatic heterocycles. The van der Waals surface area contributed by atoms with Crippen molar-refractivity contribution >= 4 is 29.5 Å². The lowest BCUT2D eigenvalue weighted by Crippen LogP contribution is -2.51. The Morgan fingerprint density at radius 1 is 0.906 bits per heavy atom. The molecule has 0 spiro atoms. The number of nitrogens with zero attached hydrogens (tertiary/aromatic N) is 1. The molecule has 0 aliphatic heterocycles. The summed E-state index contributed by atoms with van der Waals surface area (Å²) in [4.78, 5) is 42.4. The molecule has 7 nitrogen and oxygen atoms in total. The number of benzene rings is 2. The molecule has 0 bridgehead atoms. The number of pyridine rings is 1. The van der Waals surface area contributed by atoms with Crippen LogP contribution in [-0.4, -0.2) is 41.3 Å². The standard InChI is InChI=1S/C24H23N3O4S/c1-31-24(30)19(16-17-10-4-2-5-11-17)26-22(29)23(32-20-14-8-9-15-25-20)27-21(28)18-12-6-3-7-13-18/h2-15,19,23H,16H2,1H3,(H,26,29)(H,27,28)/t19-,23?/m0/s1. The molecule has 0 aliphatic carbocycles. The first kappa shape index (κ1) is 23.0. The molecule has 1 heterocycles. The third-order valence-electron chi connectivity index (χ3n) is 4.50. The van der Waals surface area contributed by atoms with E-state index in [1.54, 1.807) is 54.7 Å². The maximum Gasteiger partial charge on any atom is 0.328 e. The zero-order valence-corrected chi connectivity index (χ0v) is 18.2. The fourth-order valence-corrected chi connectivity index (χ4v) is 3.77. The van der Waals surface area contributed by atoms with Crippen LogP contribution < -0.4 is 10.6 Å². The summed E-state index contributed by atoms with van der Waals surface area (Å²) in [6, 6.07) is 22.3. The van der Waals surface area contributed by atoms with Crippen LogP contribution in [0.15, 0.2) is 90.1 Å². The molecule has 0 radical (unpaired) electrons. The predicted molar refractivity (Wildman–Crippen MR) is 122 cm³/mol. The Balaban J connectivity index is 1.78. The SMILES string of the molecule is COC(=O)[C@H](Cc1ccccc1)NC(=O)C(NC(=O)c1ccccc1)Sc1ccccn1. The molecule has 2 amide bonds. The van der Waals surface area contributed by atoms with E-state index in [1.165, 1.54) is 7.11 Å². The first-order valence-corrected chi connectivity index (χ1v) is 10.8. The van der Waals surface area contributed by atoms with Crippen molar-refractivity contribution in [2.45, 2.75) is 22.9 Å². The molecule has 3 aromatic rings. The van der Waals surface area contributed by atoms with Gasteiger partial charge in [0.25, 0.3) is 11.8 Å². The van der Waals surface area contributed by atoms with E-state index in [2.05, 4.69) is 15.6 Å². The Morgan fingerprint density at radius 2 is 1.56 bits per heavy atom. The largest absolute Gasteiger partial charge is 0.467 e. The fraction of sp³-hybridized carbons (Fsp3) is 0.167. The zero-order chi connectivity index (χ0) is 22.8. The number of hydrogen-bond acceptors (Lipinski definition) is 6. The van der Waals surface area contributed by atoms with Gasteiger partial charge in [0.15, 0.2) is 5.37 Å². The second-order valence-corrected chi connectivity index (χ2v) is 7.90. The van der Waals surface area contributed by atoms with E-state index >= 15 is 0 Å². The molecular weight excluding hydrogens is 426 g/mol. The highest BCUT2D eigenvalue weighted by Crippen LogP contribution is 2.20. The van der Waals surface area contributed by atoms with Crippen molar-refractivity contribution in [1.82, 2.24) is 15.6 Å². The van der Waals surface area contributed by atoms with Crippen molar-refractivity contribution < 1.29 is 19.1 Å². The van der Waals surface area contributed by atoms with Crippen LogP contribution in [0.1, 0.15) is 15.9 Å². The molecule has 0 saturated carbocycles. The van der Waals surface area contributed by atoms with Crippen LogP contribution in [0, 0.1) is 0 Å².